The zero-order chi connectivity index (χ0) is 20.0. The molecule has 0 spiro atoms. The maximum absolute atomic E-state index is 13.1. The fourth-order valence-corrected chi connectivity index (χ4v) is 4.08. The molecule has 2 heterocycles. The number of H-pyrrole nitrogens is 1. The van der Waals surface area contributed by atoms with Crippen molar-refractivity contribution < 1.29 is 14.3 Å². The van der Waals surface area contributed by atoms with Gasteiger partial charge in [-0.15, -0.1) is 0 Å². The summed E-state index contributed by atoms with van der Waals surface area (Å²) in [4.78, 5) is 30.6. The van der Waals surface area contributed by atoms with Crippen LogP contribution in [-0.2, 0) is 16.1 Å². The van der Waals surface area contributed by atoms with Crippen molar-refractivity contribution in [3.8, 4) is 0 Å². The summed E-state index contributed by atoms with van der Waals surface area (Å²) < 4.78 is 5.02. The molecule has 5 nitrogen and oxygen atoms in total. The molecule has 1 N–H and O–H groups in total. The van der Waals surface area contributed by atoms with Crippen molar-refractivity contribution in [1.82, 2.24) is 9.88 Å². The van der Waals surface area contributed by atoms with E-state index in [2.05, 4.69) is 4.98 Å². The third-order valence-electron chi connectivity index (χ3n) is 5.17. The molecule has 0 saturated heterocycles. The van der Waals surface area contributed by atoms with Gasteiger partial charge in [-0.3, -0.25) is 9.59 Å². The number of carbonyl (C=O) groups excluding carboxylic acids is 2. The molecule has 3 aromatic rings. The Balaban J connectivity index is 1.77. The van der Waals surface area contributed by atoms with E-state index in [0.29, 0.717) is 22.2 Å². The number of hydrogen-bond acceptors (Lipinski definition) is 3. The molecule has 0 radical (unpaired) electrons. The number of nitrogens with one attached hydrogen (secondary N) is 1. The molecular weight excluding hydrogens is 399 g/mol. The van der Waals surface area contributed by atoms with Crippen molar-refractivity contribution in [3.63, 3.8) is 0 Å². The van der Waals surface area contributed by atoms with Gasteiger partial charge in [-0.25, -0.2) is 0 Å². The number of carbonyl (C=O) groups is 2. The topological polar surface area (TPSA) is 62.4 Å². The highest BCUT2D eigenvalue weighted by Gasteiger charge is 2.36. The van der Waals surface area contributed by atoms with Crippen molar-refractivity contribution in [1.29, 1.82) is 0 Å². The lowest BCUT2D eigenvalue weighted by atomic mass is 9.91. The standard InChI is InChI=1S/C21H18Cl2N2O3/c1-11-3-4-12(7-16(11)23)20(26)25-9-15(21(27)28-2)19-14-8-13(22)5-6-17(14)24-18(19)10-25/h3-8,15,24H,9-10H2,1-2H3. The summed E-state index contributed by atoms with van der Waals surface area (Å²) in [5.74, 6) is -1.16. The molecule has 2 aromatic carbocycles. The predicted octanol–water partition coefficient (Wildman–Crippen LogP) is 4.70. The van der Waals surface area contributed by atoms with Gasteiger partial charge in [0.15, 0.2) is 0 Å². The fraction of sp³-hybridized carbons (Fsp3) is 0.238. The molecular formula is C21H18Cl2N2O3. The third-order valence-corrected chi connectivity index (χ3v) is 5.82. The summed E-state index contributed by atoms with van der Waals surface area (Å²) in [5, 5.41) is 2.00. The first-order valence-corrected chi connectivity index (χ1v) is 9.58. The van der Waals surface area contributed by atoms with Gasteiger partial charge in [-0.1, -0.05) is 29.3 Å². The Morgan fingerprint density at radius 2 is 1.96 bits per heavy atom. The van der Waals surface area contributed by atoms with E-state index < -0.39 is 5.92 Å². The highest BCUT2D eigenvalue weighted by atomic mass is 35.5. The summed E-state index contributed by atoms with van der Waals surface area (Å²) >= 11 is 12.3. The van der Waals surface area contributed by atoms with Crippen molar-refractivity contribution in [2.45, 2.75) is 19.4 Å². The molecule has 1 aliphatic rings. The van der Waals surface area contributed by atoms with Crippen molar-refractivity contribution >= 4 is 46.0 Å². The van der Waals surface area contributed by atoms with E-state index in [1.807, 2.05) is 25.1 Å². The molecule has 0 bridgehead atoms. The zero-order valence-corrected chi connectivity index (χ0v) is 16.9. The first-order chi connectivity index (χ1) is 13.4. The Bertz CT molecular complexity index is 1110. The van der Waals surface area contributed by atoms with Crippen molar-refractivity contribution in [2.24, 2.45) is 0 Å². The minimum absolute atomic E-state index is 0.182. The van der Waals surface area contributed by atoms with Gasteiger partial charge < -0.3 is 14.6 Å². The molecule has 1 aliphatic heterocycles. The molecule has 0 fully saturated rings. The van der Waals surface area contributed by atoms with Crippen LogP contribution in [0.4, 0.5) is 0 Å². The van der Waals surface area contributed by atoms with Gasteiger partial charge in [0.2, 0.25) is 0 Å². The number of esters is 1. The van der Waals surface area contributed by atoms with Crippen LogP contribution in [0.1, 0.15) is 33.1 Å². The quantitative estimate of drug-likeness (QED) is 0.615. The van der Waals surface area contributed by atoms with Gasteiger partial charge in [0, 0.05) is 38.8 Å². The van der Waals surface area contributed by atoms with E-state index in [9.17, 15) is 9.59 Å². The molecule has 28 heavy (non-hydrogen) atoms. The highest BCUT2D eigenvalue weighted by Crippen LogP contribution is 2.37. The minimum atomic E-state index is -0.592. The highest BCUT2D eigenvalue weighted by molar-refractivity contribution is 6.32. The molecule has 1 atom stereocenters. The maximum Gasteiger partial charge on any atom is 0.315 e. The number of nitrogens with zero attached hydrogens (tertiary/aromatic N) is 1. The van der Waals surface area contributed by atoms with Crippen LogP contribution in [-0.4, -0.2) is 35.4 Å². The van der Waals surface area contributed by atoms with E-state index in [0.717, 1.165) is 27.7 Å². The van der Waals surface area contributed by atoms with Crippen LogP contribution < -0.4 is 0 Å². The summed E-state index contributed by atoms with van der Waals surface area (Å²) in [6.45, 7) is 2.47. The average Bonchev–Trinajstić information content (AvgIpc) is 3.05. The normalized spacial score (nSPS) is 16.1. The van der Waals surface area contributed by atoms with Crippen LogP contribution in [0.15, 0.2) is 36.4 Å². The summed E-state index contributed by atoms with van der Waals surface area (Å²) in [7, 11) is 1.35. The van der Waals surface area contributed by atoms with E-state index >= 15 is 0 Å². The van der Waals surface area contributed by atoms with E-state index in [-0.39, 0.29) is 18.4 Å². The van der Waals surface area contributed by atoms with Gasteiger partial charge in [0.05, 0.1) is 13.7 Å². The Morgan fingerprint density at radius 3 is 2.68 bits per heavy atom. The molecule has 1 unspecified atom stereocenters. The Morgan fingerprint density at radius 1 is 1.18 bits per heavy atom. The molecule has 0 saturated carbocycles. The number of amides is 1. The minimum Gasteiger partial charge on any atom is -0.468 e. The molecule has 1 aromatic heterocycles. The zero-order valence-electron chi connectivity index (χ0n) is 15.4. The lowest BCUT2D eigenvalue weighted by Crippen LogP contribution is -2.40. The number of ether oxygens (including phenoxy) is 1. The number of benzene rings is 2. The van der Waals surface area contributed by atoms with E-state index in [1.165, 1.54) is 7.11 Å². The van der Waals surface area contributed by atoms with E-state index in [1.54, 1.807) is 23.1 Å². The SMILES string of the molecule is COC(=O)C1CN(C(=O)c2ccc(C)c(Cl)c2)Cc2[nH]c3ccc(Cl)cc3c21. The second-order valence-corrected chi connectivity index (χ2v) is 7.78. The van der Waals surface area contributed by atoms with Crippen LogP contribution in [0.25, 0.3) is 10.9 Å². The average molecular weight is 417 g/mol. The summed E-state index contributed by atoms with van der Waals surface area (Å²) in [6.07, 6.45) is 0. The van der Waals surface area contributed by atoms with Crippen LogP contribution in [0.2, 0.25) is 10.0 Å². The molecule has 7 heteroatoms. The van der Waals surface area contributed by atoms with Crippen LogP contribution in [0.5, 0.6) is 0 Å². The van der Waals surface area contributed by atoms with Gasteiger partial charge in [0.25, 0.3) is 5.91 Å². The Kier molecular flexibility index (Phi) is 4.81. The van der Waals surface area contributed by atoms with Crippen LogP contribution >= 0.6 is 23.2 Å². The summed E-state index contributed by atoms with van der Waals surface area (Å²) in [6, 6.07) is 10.7. The Labute approximate surface area is 172 Å². The van der Waals surface area contributed by atoms with Crippen molar-refractivity contribution in [3.05, 3.63) is 68.8 Å². The maximum atomic E-state index is 13.1. The number of halogens is 2. The lowest BCUT2D eigenvalue weighted by Gasteiger charge is -2.32. The molecule has 0 aliphatic carbocycles. The molecule has 4 rings (SSSR count). The van der Waals surface area contributed by atoms with Gasteiger partial charge >= 0.3 is 5.97 Å². The predicted molar refractivity (Wildman–Crippen MR) is 109 cm³/mol. The third kappa shape index (κ3) is 3.15. The van der Waals surface area contributed by atoms with Gasteiger partial charge in [-0.05, 0) is 48.4 Å². The monoisotopic (exact) mass is 416 g/mol. The Hall–Kier alpha value is -2.50. The largest absolute Gasteiger partial charge is 0.468 e. The number of rotatable bonds is 2. The van der Waals surface area contributed by atoms with Crippen LogP contribution in [0.3, 0.4) is 0 Å². The van der Waals surface area contributed by atoms with Crippen LogP contribution in [0, 0.1) is 6.92 Å². The second-order valence-electron chi connectivity index (χ2n) is 6.93. The first-order valence-electron chi connectivity index (χ1n) is 8.82. The number of methoxy groups -OCH3 is 1. The number of hydrogen-bond donors (Lipinski definition) is 1. The molecule has 1 amide bonds. The fourth-order valence-electron chi connectivity index (χ4n) is 3.73. The second kappa shape index (κ2) is 7.15. The summed E-state index contributed by atoms with van der Waals surface area (Å²) in [5.41, 5.74) is 3.91. The smallest absolute Gasteiger partial charge is 0.315 e. The first kappa shape index (κ1) is 18.8. The van der Waals surface area contributed by atoms with E-state index in [4.69, 9.17) is 27.9 Å². The number of aryl methyl sites for hydroxylation is 1. The number of aromatic nitrogens is 1. The lowest BCUT2D eigenvalue weighted by molar-refractivity contribution is -0.143. The van der Waals surface area contributed by atoms with Gasteiger partial charge in [-0.2, -0.15) is 0 Å². The van der Waals surface area contributed by atoms with Crippen molar-refractivity contribution in [2.75, 3.05) is 13.7 Å². The molecule has 144 valence electrons. The number of fused-ring (bicyclic) bond motifs is 3. The van der Waals surface area contributed by atoms with Gasteiger partial charge in [0.1, 0.15) is 5.92 Å². The number of aromatic amines is 1.